The largest absolute Gasteiger partial charge is 0.387 e. The number of aromatic nitrogens is 2. The van der Waals surface area contributed by atoms with Crippen LogP contribution in [0.25, 0.3) is 0 Å². The van der Waals surface area contributed by atoms with Crippen molar-refractivity contribution in [2.45, 2.75) is 25.9 Å². The Morgan fingerprint density at radius 3 is 2.82 bits per heavy atom. The number of hydrogen-bond acceptors (Lipinski definition) is 3. The van der Waals surface area contributed by atoms with Gasteiger partial charge in [-0.15, -0.1) is 11.3 Å². The molecule has 0 saturated carbocycles. The predicted molar refractivity (Wildman–Crippen MR) is 73.3 cm³/mol. The second kappa shape index (κ2) is 5.33. The molecule has 0 spiro atoms. The van der Waals surface area contributed by atoms with Crippen LogP contribution >= 0.6 is 27.3 Å². The molecule has 0 saturated heterocycles. The molecule has 17 heavy (non-hydrogen) atoms. The molecule has 0 aliphatic heterocycles. The van der Waals surface area contributed by atoms with Gasteiger partial charge in [0.05, 0.1) is 11.8 Å². The van der Waals surface area contributed by atoms with E-state index in [1.807, 2.05) is 23.2 Å². The average molecular weight is 315 g/mol. The van der Waals surface area contributed by atoms with Gasteiger partial charge in [0.1, 0.15) is 0 Å². The Kier molecular flexibility index (Phi) is 4.01. The topological polar surface area (TPSA) is 38.0 Å². The van der Waals surface area contributed by atoms with Crippen LogP contribution in [0.3, 0.4) is 0 Å². The van der Waals surface area contributed by atoms with Crippen molar-refractivity contribution >= 4 is 27.3 Å². The first-order valence-corrected chi connectivity index (χ1v) is 7.21. The van der Waals surface area contributed by atoms with Crippen molar-refractivity contribution in [1.29, 1.82) is 0 Å². The van der Waals surface area contributed by atoms with Crippen molar-refractivity contribution in [2.24, 2.45) is 7.05 Å². The highest BCUT2D eigenvalue weighted by Crippen LogP contribution is 2.27. The van der Waals surface area contributed by atoms with Gasteiger partial charge in [0.2, 0.25) is 0 Å². The lowest BCUT2D eigenvalue weighted by Crippen LogP contribution is -2.05. The molecule has 2 rings (SSSR count). The molecule has 2 aromatic rings. The van der Waals surface area contributed by atoms with E-state index < -0.39 is 6.10 Å². The molecule has 0 amide bonds. The van der Waals surface area contributed by atoms with Crippen LogP contribution < -0.4 is 0 Å². The zero-order valence-corrected chi connectivity index (χ0v) is 12.3. The number of aliphatic hydroxyl groups excluding tert-OH is 1. The van der Waals surface area contributed by atoms with Crippen molar-refractivity contribution in [1.82, 2.24) is 9.78 Å². The Morgan fingerprint density at radius 1 is 1.53 bits per heavy atom. The Bertz CT molecular complexity index is 506. The van der Waals surface area contributed by atoms with Gasteiger partial charge in [0.25, 0.3) is 0 Å². The summed E-state index contributed by atoms with van der Waals surface area (Å²) < 4.78 is 2.88. The molecule has 92 valence electrons. The standard InChI is InChI=1S/C12H15BrN2OS/c1-3-9-5-10(15(2)14-9)6-11(16)12-4-8(13)7-17-12/h4-5,7,11,16H,3,6H2,1-2H3. The van der Waals surface area contributed by atoms with Crippen molar-refractivity contribution in [3.8, 4) is 0 Å². The fourth-order valence-corrected chi connectivity index (χ4v) is 3.17. The van der Waals surface area contributed by atoms with Crippen molar-refractivity contribution in [3.63, 3.8) is 0 Å². The minimum atomic E-state index is -0.452. The molecule has 1 atom stereocenters. The van der Waals surface area contributed by atoms with Gasteiger partial charge in [-0.3, -0.25) is 4.68 Å². The summed E-state index contributed by atoms with van der Waals surface area (Å²) in [5.74, 6) is 0. The Balaban J connectivity index is 2.12. The van der Waals surface area contributed by atoms with Crippen molar-refractivity contribution < 1.29 is 5.11 Å². The highest BCUT2D eigenvalue weighted by atomic mass is 79.9. The van der Waals surface area contributed by atoms with Crippen molar-refractivity contribution in [3.05, 3.63) is 38.3 Å². The lowest BCUT2D eigenvalue weighted by atomic mass is 10.1. The third-order valence-electron chi connectivity index (χ3n) is 2.71. The number of hydrogen-bond donors (Lipinski definition) is 1. The van der Waals surface area contributed by atoms with E-state index in [9.17, 15) is 5.11 Å². The lowest BCUT2D eigenvalue weighted by molar-refractivity contribution is 0.179. The maximum Gasteiger partial charge on any atom is 0.0937 e. The van der Waals surface area contributed by atoms with E-state index in [4.69, 9.17) is 0 Å². The van der Waals surface area contributed by atoms with Gasteiger partial charge < -0.3 is 5.11 Å². The molecule has 3 nitrogen and oxygen atoms in total. The normalized spacial score (nSPS) is 12.9. The Morgan fingerprint density at radius 2 is 2.29 bits per heavy atom. The highest BCUT2D eigenvalue weighted by molar-refractivity contribution is 9.10. The molecule has 5 heteroatoms. The first-order valence-electron chi connectivity index (χ1n) is 5.54. The molecule has 0 bridgehead atoms. The van der Waals surface area contributed by atoms with Crippen LogP contribution in [0.4, 0.5) is 0 Å². The van der Waals surface area contributed by atoms with Gasteiger partial charge in [-0.05, 0) is 34.5 Å². The first-order chi connectivity index (χ1) is 8.10. The Labute approximate surface area is 113 Å². The molecule has 1 unspecified atom stereocenters. The quantitative estimate of drug-likeness (QED) is 0.941. The summed E-state index contributed by atoms with van der Waals surface area (Å²) in [5, 5.41) is 16.5. The zero-order valence-electron chi connectivity index (χ0n) is 9.85. The molecule has 0 fully saturated rings. The molecule has 0 aromatic carbocycles. The van der Waals surface area contributed by atoms with Gasteiger partial charge in [0, 0.05) is 33.9 Å². The SMILES string of the molecule is CCc1cc(CC(O)c2cc(Br)cs2)n(C)n1. The third-order valence-corrected chi connectivity index (χ3v) is 4.50. The van der Waals surface area contributed by atoms with E-state index in [0.717, 1.165) is 27.2 Å². The minimum Gasteiger partial charge on any atom is -0.387 e. The summed E-state index contributed by atoms with van der Waals surface area (Å²) in [6, 6.07) is 4.03. The van der Waals surface area contributed by atoms with E-state index in [1.54, 1.807) is 11.3 Å². The predicted octanol–water partition coefficient (Wildman–Crippen LogP) is 3.08. The van der Waals surface area contributed by atoms with E-state index in [2.05, 4.69) is 34.0 Å². The van der Waals surface area contributed by atoms with Gasteiger partial charge in [-0.1, -0.05) is 6.92 Å². The van der Waals surface area contributed by atoms with Gasteiger partial charge >= 0.3 is 0 Å². The van der Waals surface area contributed by atoms with Crippen LogP contribution in [0.5, 0.6) is 0 Å². The molecular weight excluding hydrogens is 300 g/mol. The molecule has 0 aliphatic carbocycles. The molecule has 0 aliphatic rings. The van der Waals surface area contributed by atoms with Gasteiger partial charge in [-0.25, -0.2) is 0 Å². The van der Waals surface area contributed by atoms with E-state index in [0.29, 0.717) is 6.42 Å². The van der Waals surface area contributed by atoms with Crippen LogP contribution in [0.2, 0.25) is 0 Å². The van der Waals surface area contributed by atoms with Crippen molar-refractivity contribution in [2.75, 3.05) is 0 Å². The summed E-state index contributed by atoms with van der Waals surface area (Å²) in [6.07, 6.45) is 1.08. The van der Waals surface area contributed by atoms with Crippen LogP contribution in [0.1, 0.15) is 29.3 Å². The van der Waals surface area contributed by atoms with Crippen LogP contribution in [-0.4, -0.2) is 14.9 Å². The summed E-state index contributed by atoms with van der Waals surface area (Å²) in [6.45, 7) is 2.08. The van der Waals surface area contributed by atoms with Crippen LogP contribution in [-0.2, 0) is 19.9 Å². The van der Waals surface area contributed by atoms with E-state index >= 15 is 0 Å². The lowest BCUT2D eigenvalue weighted by Gasteiger charge is -2.08. The number of thiophene rings is 1. The minimum absolute atomic E-state index is 0.452. The molecule has 2 aromatic heterocycles. The van der Waals surface area contributed by atoms with Crippen LogP contribution in [0, 0.1) is 0 Å². The maximum atomic E-state index is 10.1. The summed E-state index contributed by atoms with van der Waals surface area (Å²) in [7, 11) is 1.92. The van der Waals surface area contributed by atoms with Gasteiger partial charge in [-0.2, -0.15) is 5.10 Å². The second-order valence-electron chi connectivity index (χ2n) is 3.99. The van der Waals surface area contributed by atoms with Crippen LogP contribution in [0.15, 0.2) is 22.0 Å². The number of nitrogens with zero attached hydrogens (tertiary/aromatic N) is 2. The fourth-order valence-electron chi connectivity index (χ4n) is 1.74. The second-order valence-corrected chi connectivity index (χ2v) is 5.85. The molecule has 2 heterocycles. The number of rotatable bonds is 4. The average Bonchev–Trinajstić information content (AvgIpc) is 2.86. The molecule has 0 radical (unpaired) electrons. The number of aliphatic hydroxyl groups is 1. The number of halogens is 1. The maximum absolute atomic E-state index is 10.1. The Hall–Kier alpha value is -0.650. The summed E-state index contributed by atoms with van der Waals surface area (Å²) in [5.41, 5.74) is 2.14. The first kappa shape index (κ1) is 12.8. The fraction of sp³-hybridized carbons (Fsp3) is 0.417. The highest BCUT2D eigenvalue weighted by Gasteiger charge is 2.14. The number of aryl methyl sites for hydroxylation is 2. The van der Waals surface area contributed by atoms with Gasteiger partial charge in [0.15, 0.2) is 0 Å². The summed E-state index contributed by atoms with van der Waals surface area (Å²) in [4.78, 5) is 0.983. The zero-order chi connectivity index (χ0) is 12.4. The molecular formula is C12H15BrN2OS. The monoisotopic (exact) mass is 314 g/mol. The third kappa shape index (κ3) is 2.97. The van der Waals surface area contributed by atoms with E-state index in [-0.39, 0.29) is 0 Å². The summed E-state index contributed by atoms with van der Waals surface area (Å²) >= 11 is 4.97. The smallest absolute Gasteiger partial charge is 0.0937 e. The molecule has 1 N–H and O–H groups in total. The van der Waals surface area contributed by atoms with E-state index in [1.165, 1.54) is 0 Å².